The van der Waals surface area contributed by atoms with Crippen LogP contribution in [0.15, 0.2) is 29.2 Å². The van der Waals surface area contributed by atoms with Crippen LogP contribution in [0.5, 0.6) is 5.75 Å². The molecule has 140 valence electrons. The van der Waals surface area contributed by atoms with E-state index in [0.29, 0.717) is 5.75 Å². The molecule has 0 spiro atoms. The number of rotatable bonds is 5. The van der Waals surface area contributed by atoms with Crippen LogP contribution in [-0.2, 0) is 19.4 Å². The van der Waals surface area contributed by atoms with Crippen molar-refractivity contribution in [3.05, 3.63) is 24.3 Å². The van der Waals surface area contributed by atoms with Crippen molar-refractivity contribution < 1.29 is 27.9 Å². The van der Waals surface area contributed by atoms with E-state index in [0.717, 1.165) is 0 Å². The van der Waals surface area contributed by atoms with Crippen molar-refractivity contribution in [1.82, 2.24) is 5.48 Å². The van der Waals surface area contributed by atoms with Gasteiger partial charge in [0.25, 0.3) is 5.91 Å². The van der Waals surface area contributed by atoms with Gasteiger partial charge in [-0.15, -0.1) is 0 Å². The molecule has 1 aliphatic heterocycles. The summed E-state index contributed by atoms with van der Waals surface area (Å²) >= 11 is 0. The second-order valence-corrected chi connectivity index (χ2v) is 9.27. The van der Waals surface area contributed by atoms with E-state index in [9.17, 15) is 13.2 Å². The highest BCUT2D eigenvalue weighted by Gasteiger charge is 2.44. The summed E-state index contributed by atoms with van der Waals surface area (Å²) in [6.45, 7) is 6.27. The minimum atomic E-state index is -3.72. The smallest absolute Gasteiger partial charge is 0.250 e. The lowest BCUT2D eigenvalue weighted by atomic mass is 9.81. The van der Waals surface area contributed by atoms with E-state index in [-0.39, 0.29) is 42.3 Å². The molecule has 0 radical (unpaired) electrons. The fraction of sp³-hybridized carbons (Fsp3) is 0.588. The van der Waals surface area contributed by atoms with Gasteiger partial charge in [-0.2, -0.15) is 0 Å². The van der Waals surface area contributed by atoms with E-state index in [4.69, 9.17) is 14.7 Å². The van der Waals surface area contributed by atoms with Crippen molar-refractivity contribution in [3.8, 4) is 5.75 Å². The minimum absolute atomic E-state index is 0.116. The van der Waals surface area contributed by atoms with Gasteiger partial charge in [0.2, 0.25) is 0 Å². The highest BCUT2D eigenvalue weighted by atomic mass is 32.2. The van der Waals surface area contributed by atoms with Crippen molar-refractivity contribution >= 4 is 15.7 Å². The lowest BCUT2D eigenvalue weighted by molar-refractivity contribution is -0.143. The van der Waals surface area contributed by atoms with Gasteiger partial charge in [-0.05, 0) is 57.9 Å². The molecule has 0 atom stereocenters. The molecule has 2 rings (SSSR count). The molecule has 0 bridgehead atoms. The van der Waals surface area contributed by atoms with Crippen LogP contribution >= 0.6 is 0 Å². The van der Waals surface area contributed by atoms with Crippen LogP contribution in [-0.4, -0.2) is 44.1 Å². The number of ether oxygens (including phenoxy) is 2. The zero-order valence-electron chi connectivity index (χ0n) is 14.7. The second-order valence-electron chi connectivity index (χ2n) is 7.28. The normalized spacial score (nSPS) is 17.8. The van der Waals surface area contributed by atoms with Crippen molar-refractivity contribution in [2.24, 2.45) is 5.41 Å². The molecule has 25 heavy (non-hydrogen) atoms. The van der Waals surface area contributed by atoms with Crippen LogP contribution in [0, 0.1) is 5.41 Å². The number of hydroxylamine groups is 1. The third-order valence-electron chi connectivity index (χ3n) is 4.11. The van der Waals surface area contributed by atoms with E-state index >= 15 is 0 Å². The monoisotopic (exact) mass is 371 g/mol. The van der Waals surface area contributed by atoms with Gasteiger partial charge in [0.1, 0.15) is 11.4 Å². The maximum Gasteiger partial charge on any atom is 0.250 e. The molecule has 1 heterocycles. The summed E-state index contributed by atoms with van der Waals surface area (Å²) in [6.07, 6.45) is 0.480. The van der Waals surface area contributed by atoms with Gasteiger partial charge in [-0.3, -0.25) is 10.0 Å². The number of hydrogen-bond acceptors (Lipinski definition) is 6. The third kappa shape index (κ3) is 4.93. The summed E-state index contributed by atoms with van der Waals surface area (Å²) in [7, 11) is -3.72. The Bertz CT molecular complexity index is 700. The molecule has 0 saturated carbocycles. The quantitative estimate of drug-likeness (QED) is 0.606. The van der Waals surface area contributed by atoms with Crippen molar-refractivity contribution in [2.75, 3.05) is 19.0 Å². The van der Waals surface area contributed by atoms with Gasteiger partial charge in [0.05, 0.1) is 16.1 Å². The van der Waals surface area contributed by atoms with E-state index in [1.54, 1.807) is 17.6 Å². The Morgan fingerprint density at radius 3 is 2.28 bits per heavy atom. The first-order chi connectivity index (χ1) is 11.6. The molecule has 0 unspecified atom stereocenters. The van der Waals surface area contributed by atoms with Crippen LogP contribution in [0.4, 0.5) is 0 Å². The fourth-order valence-electron chi connectivity index (χ4n) is 2.83. The van der Waals surface area contributed by atoms with E-state index < -0.39 is 21.2 Å². The molecule has 1 fully saturated rings. The van der Waals surface area contributed by atoms with E-state index in [1.807, 2.05) is 20.8 Å². The van der Waals surface area contributed by atoms with Gasteiger partial charge < -0.3 is 9.47 Å². The maximum absolute atomic E-state index is 12.8. The molecule has 2 N–H and O–H groups in total. The lowest BCUT2D eigenvalue weighted by Crippen LogP contribution is -2.47. The Labute approximate surface area is 148 Å². The molecule has 8 heteroatoms. The SMILES string of the molecule is CC(C)(C)Oc1ccc(S(=O)(=O)CC2(C(=O)NO)CCOCC2)cc1. The number of hydrogen-bond donors (Lipinski definition) is 2. The number of amides is 1. The zero-order chi connectivity index (χ0) is 18.7. The summed E-state index contributed by atoms with van der Waals surface area (Å²) in [5, 5.41) is 9.01. The van der Waals surface area contributed by atoms with Crippen molar-refractivity contribution in [2.45, 2.75) is 44.1 Å². The molecule has 1 aromatic rings. The van der Waals surface area contributed by atoms with Crippen LogP contribution in [0.1, 0.15) is 33.6 Å². The number of nitrogens with one attached hydrogen (secondary N) is 1. The third-order valence-corrected chi connectivity index (χ3v) is 6.03. The Balaban J connectivity index is 2.23. The van der Waals surface area contributed by atoms with Crippen LogP contribution < -0.4 is 10.2 Å². The molecular weight excluding hydrogens is 346 g/mol. The van der Waals surface area contributed by atoms with E-state index in [1.165, 1.54) is 12.1 Å². The van der Waals surface area contributed by atoms with Crippen molar-refractivity contribution in [3.63, 3.8) is 0 Å². The number of benzene rings is 1. The Hall–Kier alpha value is -1.64. The Kier molecular flexibility index (Phi) is 5.75. The summed E-state index contributed by atoms with van der Waals surface area (Å²) in [5.41, 5.74) is 0.0342. The Morgan fingerprint density at radius 1 is 1.24 bits per heavy atom. The lowest BCUT2D eigenvalue weighted by Gasteiger charge is -2.34. The first kappa shape index (κ1) is 19.7. The zero-order valence-corrected chi connectivity index (χ0v) is 15.6. The molecular formula is C17H25NO6S. The molecule has 0 aromatic heterocycles. The molecule has 1 amide bonds. The topological polar surface area (TPSA) is 102 Å². The highest BCUT2D eigenvalue weighted by molar-refractivity contribution is 7.91. The van der Waals surface area contributed by atoms with Crippen LogP contribution in [0.2, 0.25) is 0 Å². The molecule has 1 aromatic carbocycles. The van der Waals surface area contributed by atoms with Gasteiger partial charge >= 0.3 is 0 Å². The maximum atomic E-state index is 12.8. The average molecular weight is 371 g/mol. The number of carbonyl (C=O) groups is 1. The number of carbonyl (C=O) groups excluding carboxylic acids is 1. The van der Waals surface area contributed by atoms with Gasteiger partial charge in [-0.1, -0.05) is 0 Å². The fourth-order valence-corrected chi connectivity index (χ4v) is 4.70. The van der Waals surface area contributed by atoms with Gasteiger partial charge in [-0.25, -0.2) is 13.9 Å². The summed E-state index contributed by atoms with van der Waals surface area (Å²) in [6, 6.07) is 6.14. The van der Waals surface area contributed by atoms with Gasteiger partial charge in [0.15, 0.2) is 9.84 Å². The first-order valence-corrected chi connectivity index (χ1v) is 9.77. The van der Waals surface area contributed by atoms with Crippen LogP contribution in [0.3, 0.4) is 0 Å². The first-order valence-electron chi connectivity index (χ1n) is 8.12. The van der Waals surface area contributed by atoms with Gasteiger partial charge in [0, 0.05) is 13.2 Å². The minimum Gasteiger partial charge on any atom is -0.488 e. The van der Waals surface area contributed by atoms with Crippen molar-refractivity contribution in [1.29, 1.82) is 0 Å². The summed E-state index contributed by atoms with van der Waals surface area (Å²) < 4.78 is 36.5. The predicted octanol–water partition coefficient (Wildman–Crippen LogP) is 1.94. The second kappa shape index (κ2) is 7.31. The number of sulfone groups is 1. The molecule has 1 saturated heterocycles. The average Bonchev–Trinajstić information content (AvgIpc) is 2.53. The van der Waals surface area contributed by atoms with Crippen LogP contribution in [0.25, 0.3) is 0 Å². The Morgan fingerprint density at radius 2 is 1.80 bits per heavy atom. The largest absolute Gasteiger partial charge is 0.488 e. The standard InChI is InChI=1S/C17H25NO6S/c1-16(2,3)24-13-4-6-14(7-5-13)25(21,22)12-17(15(19)18-20)8-10-23-11-9-17/h4-7,20H,8-12H2,1-3H3,(H,18,19). The molecule has 0 aliphatic carbocycles. The summed E-state index contributed by atoms with van der Waals surface area (Å²) in [4.78, 5) is 12.2. The molecule has 1 aliphatic rings. The molecule has 7 nitrogen and oxygen atoms in total. The summed E-state index contributed by atoms with van der Waals surface area (Å²) in [5.74, 6) is -0.498. The highest BCUT2D eigenvalue weighted by Crippen LogP contribution is 2.34. The van der Waals surface area contributed by atoms with E-state index in [2.05, 4.69) is 0 Å². The predicted molar refractivity (Wildman–Crippen MR) is 91.3 cm³/mol.